The van der Waals surface area contributed by atoms with Crippen LogP contribution in [-0.4, -0.2) is 31.0 Å². The molecule has 0 radical (unpaired) electrons. The topological polar surface area (TPSA) is 12.5 Å². The summed E-state index contributed by atoms with van der Waals surface area (Å²) in [4.78, 5) is 1.82. The Balaban J connectivity index is 2.06. The minimum absolute atomic E-state index is 0.0225. The molecule has 1 atom stereocenters. The zero-order valence-electron chi connectivity index (χ0n) is 10.1. The first kappa shape index (κ1) is 12.3. The molecule has 1 saturated heterocycles. The Morgan fingerprint density at radius 2 is 1.94 bits per heavy atom. The number of benzene rings is 1. The van der Waals surface area contributed by atoms with Crippen LogP contribution >= 0.6 is 0 Å². The van der Waals surface area contributed by atoms with Crippen molar-refractivity contribution in [3.05, 3.63) is 29.8 Å². The third-order valence-electron chi connectivity index (χ3n) is 3.35. The lowest BCUT2D eigenvalue weighted by Gasteiger charge is -2.24. The van der Waals surface area contributed by atoms with Gasteiger partial charge in [-0.1, -0.05) is 12.1 Å². The summed E-state index contributed by atoms with van der Waals surface area (Å²) in [5.74, 6) is -1.74. The largest absolute Gasteiger partial charge is 0.497 e. The van der Waals surface area contributed by atoms with E-state index in [0.717, 1.165) is 11.3 Å². The fourth-order valence-electron chi connectivity index (χ4n) is 2.19. The molecular formula is C13H17F2NO. The first-order valence-electron chi connectivity index (χ1n) is 5.78. The Bertz CT molecular complexity index is 378. The van der Waals surface area contributed by atoms with Gasteiger partial charge in [0.1, 0.15) is 5.75 Å². The standard InChI is InChI=1S/C13H17F2NO/c1-10(16-8-7-13(14,15)9-16)11-3-5-12(17-2)6-4-11/h3-6,10H,7-9H2,1-2H3. The number of hydrogen-bond donors (Lipinski definition) is 0. The average molecular weight is 241 g/mol. The second-order valence-electron chi connectivity index (χ2n) is 4.53. The van der Waals surface area contributed by atoms with E-state index >= 15 is 0 Å². The van der Waals surface area contributed by atoms with E-state index in [1.54, 1.807) is 7.11 Å². The normalized spacial score (nSPS) is 21.4. The van der Waals surface area contributed by atoms with E-state index in [4.69, 9.17) is 4.74 Å². The summed E-state index contributed by atoms with van der Waals surface area (Å²) in [5.41, 5.74) is 1.04. The van der Waals surface area contributed by atoms with Gasteiger partial charge in [0.05, 0.1) is 13.7 Å². The first-order chi connectivity index (χ1) is 8.02. The van der Waals surface area contributed by atoms with Crippen molar-refractivity contribution in [2.45, 2.75) is 25.3 Å². The van der Waals surface area contributed by atoms with Crippen LogP contribution in [0.4, 0.5) is 8.78 Å². The van der Waals surface area contributed by atoms with Crippen molar-refractivity contribution in [1.29, 1.82) is 0 Å². The Labute approximate surface area is 100 Å². The van der Waals surface area contributed by atoms with Gasteiger partial charge in [0.15, 0.2) is 0 Å². The maximum absolute atomic E-state index is 13.1. The lowest BCUT2D eigenvalue weighted by Crippen LogP contribution is -2.27. The molecule has 1 aliphatic rings. The maximum Gasteiger partial charge on any atom is 0.261 e. The van der Waals surface area contributed by atoms with Gasteiger partial charge in [-0.2, -0.15) is 0 Å². The highest BCUT2D eigenvalue weighted by molar-refractivity contribution is 5.29. The van der Waals surface area contributed by atoms with E-state index in [2.05, 4.69) is 0 Å². The lowest BCUT2D eigenvalue weighted by molar-refractivity contribution is 0.00833. The molecule has 1 aromatic rings. The van der Waals surface area contributed by atoms with Crippen molar-refractivity contribution in [3.8, 4) is 5.75 Å². The third kappa shape index (κ3) is 2.75. The van der Waals surface area contributed by atoms with Crippen molar-refractivity contribution >= 4 is 0 Å². The van der Waals surface area contributed by atoms with Gasteiger partial charge in [-0.15, -0.1) is 0 Å². The summed E-state index contributed by atoms with van der Waals surface area (Å²) in [6.07, 6.45) is -0.0342. The molecule has 0 aliphatic carbocycles. The number of alkyl halides is 2. The Morgan fingerprint density at radius 3 is 2.41 bits per heavy atom. The number of likely N-dealkylation sites (tertiary alicyclic amines) is 1. The molecule has 1 heterocycles. The Morgan fingerprint density at radius 1 is 1.29 bits per heavy atom. The number of rotatable bonds is 3. The third-order valence-corrected chi connectivity index (χ3v) is 3.35. The van der Waals surface area contributed by atoms with Gasteiger partial charge in [-0.3, -0.25) is 4.90 Å². The van der Waals surface area contributed by atoms with Crippen molar-refractivity contribution in [3.63, 3.8) is 0 Å². The van der Waals surface area contributed by atoms with Gasteiger partial charge in [-0.25, -0.2) is 8.78 Å². The fourth-order valence-corrected chi connectivity index (χ4v) is 2.19. The summed E-state index contributed by atoms with van der Waals surface area (Å²) in [5, 5.41) is 0. The van der Waals surface area contributed by atoms with E-state index in [9.17, 15) is 8.78 Å². The van der Waals surface area contributed by atoms with Gasteiger partial charge < -0.3 is 4.74 Å². The maximum atomic E-state index is 13.1. The highest BCUT2D eigenvalue weighted by Crippen LogP contribution is 2.33. The smallest absolute Gasteiger partial charge is 0.261 e. The molecule has 0 bridgehead atoms. The van der Waals surface area contributed by atoms with Crippen LogP contribution in [0.2, 0.25) is 0 Å². The van der Waals surface area contributed by atoms with Crippen molar-refractivity contribution in [2.75, 3.05) is 20.2 Å². The van der Waals surface area contributed by atoms with Crippen molar-refractivity contribution in [1.82, 2.24) is 4.90 Å². The van der Waals surface area contributed by atoms with E-state index in [-0.39, 0.29) is 19.0 Å². The highest BCUT2D eigenvalue weighted by Gasteiger charge is 2.39. The molecule has 94 valence electrons. The highest BCUT2D eigenvalue weighted by atomic mass is 19.3. The second kappa shape index (κ2) is 4.61. The Kier molecular flexibility index (Phi) is 3.33. The van der Waals surface area contributed by atoms with Gasteiger partial charge in [0.2, 0.25) is 0 Å². The molecule has 0 spiro atoms. The second-order valence-corrected chi connectivity index (χ2v) is 4.53. The van der Waals surface area contributed by atoms with Crippen LogP contribution in [0, 0.1) is 0 Å². The van der Waals surface area contributed by atoms with Gasteiger partial charge >= 0.3 is 0 Å². The molecule has 0 aromatic heterocycles. The van der Waals surface area contributed by atoms with Crippen LogP contribution in [-0.2, 0) is 0 Å². The molecule has 0 amide bonds. The van der Waals surface area contributed by atoms with Gasteiger partial charge in [-0.05, 0) is 24.6 Å². The molecule has 1 unspecified atom stereocenters. The molecular weight excluding hydrogens is 224 g/mol. The van der Waals surface area contributed by atoms with E-state index < -0.39 is 5.92 Å². The van der Waals surface area contributed by atoms with Crippen LogP contribution in [0.3, 0.4) is 0 Å². The minimum Gasteiger partial charge on any atom is -0.497 e. The minimum atomic E-state index is -2.53. The quantitative estimate of drug-likeness (QED) is 0.806. The summed E-state index contributed by atoms with van der Waals surface area (Å²) in [7, 11) is 1.61. The molecule has 0 saturated carbocycles. The number of hydrogen-bond acceptors (Lipinski definition) is 2. The molecule has 1 aliphatic heterocycles. The average Bonchev–Trinajstić information content (AvgIpc) is 2.69. The summed E-state index contributed by atoms with van der Waals surface area (Å²) in [6.45, 7) is 2.28. The number of methoxy groups -OCH3 is 1. The lowest BCUT2D eigenvalue weighted by atomic mass is 10.1. The molecule has 4 heteroatoms. The molecule has 1 fully saturated rings. The predicted octanol–water partition coefficient (Wildman–Crippen LogP) is 3.10. The van der Waals surface area contributed by atoms with Crippen LogP contribution in [0.15, 0.2) is 24.3 Å². The fraction of sp³-hybridized carbons (Fsp3) is 0.538. The van der Waals surface area contributed by atoms with Crippen LogP contribution in [0.25, 0.3) is 0 Å². The summed E-state index contributed by atoms with van der Waals surface area (Å²) >= 11 is 0. The van der Waals surface area contributed by atoms with E-state index in [1.807, 2.05) is 36.1 Å². The SMILES string of the molecule is COc1ccc(C(C)N2CCC(F)(F)C2)cc1. The predicted molar refractivity (Wildman–Crippen MR) is 62.5 cm³/mol. The van der Waals surface area contributed by atoms with E-state index in [1.165, 1.54) is 0 Å². The molecule has 2 rings (SSSR count). The van der Waals surface area contributed by atoms with Crippen molar-refractivity contribution in [2.24, 2.45) is 0 Å². The van der Waals surface area contributed by atoms with Gasteiger partial charge in [0.25, 0.3) is 5.92 Å². The summed E-state index contributed by atoms with van der Waals surface area (Å²) < 4.78 is 31.3. The summed E-state index contributed by atoms with van der Waals surface area (Å²) in [6, 6.07) is 7.61. The zero-order chi connectivity index (χ0) is 12.5. The van der Waals surface area contributed by atoms with Crippen LogP contribution in [0.1, 0.15) is 24.9 Å². The van der Waals surface area contributed by atoms with Crippen molar-refractivity contribution < 1.29 is 13.5 Å². The van der Waals surface area contributed by atoms with Gasteiger partial charge in [0, 0.05) is 19.0 Å². The van der Waals surface area contributed by atoms with Crippen LogP contribution < -0.4 is 4.74 Å². The number of ether oxygens (including phenoxy) is 1. The first-order valence-corrected chi connectivity index (χ1v) is 5.78. The zero-order valence-corrected chi connectivity index (χ0v) is 10.1. The Hall–Kier alpha value is -1.16. The number of halogens is 2. The molecule has 17 heavy (non-hydrogen) atoms. The molecule has 2 nitrogen and oxygen atoms in total. The van der Waals surface area contributed by atoms with Crippen LogP contribution in [0.5, 0.6) is 5.75 Å². The monoisotopic (exact) mass is 241 g/mol. The molecule has 0 N–H and O–H groups in total. The molecule has 1 aromatic carbocycles. The van der Waals surface area contributed by atoms with E-state index in [0.29, 0.717) is 6.54 Å². The number of nitrogens with zero attached hydrogens (tertiary/aromatic N) is 1.